The molecule has 2 heterocycles. The van der Waals surface area contributed by atoms with Gasteiger partial charge in [0, 0.05) is 18.1 Å². The van der Waals surface area contributed by atoms with Gasteiger partial charge in [-0.1, -0.05) is 12.1 Å². The van der Waals surface area contributed by atoms with Crippen molar-refractivity contribution in [3.05, 3.63) is 66.5 Å². The number of hydrogen-bond acceptors (Lipinski definition) is 6. The second kappa shape index (κ2) is 8.46. The predicted molar refractivity (Wildman–Crippen MR) is 112 cm³/mol. The maximum absolute atomic E-state index is 12.9. The number of methoxy groups -OCH3 is 2. The number of benzene rings is 2. The van der Waals surface area contributed by atoms with E-state index in [0.29, 0.717) is 17.9 Å². The van der Waals surface area contributed by atoms with E-state index in [1.54, 1.807) is 50.9 Å². The molecule has 8 heteroatoms. The Balaban J connectivity index is 1.36. The summed E-state index contributed by atoms with van der Waals surface area (Å²) in [5, 5.41) is 4.62. The zero-order valence-corrected chi connectivity index (χ0v) is 16.9. The van der Waals surface area contributed by atoms with Crippen molar-refractivity contribution in [2.45, 2.75) is 18.5 Å². The quantitative estimate of drug-likeness (QED) is 0.763. The minimum absolute atomic E-state index is 0.0163. The first-order chi connectivity index (χ1) is 14.6. The monoisotopic (exact) mass is 408 g/mol. The molecule has 2 unspecified atom stereocenters. The molecule has 156 valence electrons. The van der Waals surface area contributed by atoms with Gasteiger partial charge in [-0.3, -0.25) is 9.59 Å². The predicted octanol–water partition coefficient (Wildman–Crippen LogP) is 2.28. The van der Waals surface area contributed by atoms with Crippen LogP contribution in [0.3, 0.4) is 0 Å². The first-order valence-corrected chi connectivity index (χ1v) is 9.68. The Morgan fingerprint density at radius 3 is 2.30 bits per heavy atom. The lowest BCUT2D eigenvalue weighted by Gasteiger charge is -2.31. The number of hydrogen-bond donors (Lipinski definition) is 2. The number of nitrogens with one attached hydrogen (secondary N) is 2. The molecule has 0 bridgehead atoms. The summed E-state index contributed by atoms with van der Waals surface area (Å²) in [6.07, 6.45) is 4.05. The second-order valence-electron chi connectivity index (χ2n) is 7.15. The van der Waals surface area contributed by atoms with E-state index in [1.165, 1.54) is 4.90 Å². The summed E-state index contributed by atoms with van der Waals surface area (Å²) in [6.45, 7) is -0.0428. The Kier molecular flexibility index (Phi) is 5.58. The number of amides is 2. The standard InChI is InChI=1S/C22H24N4O4/c1-29-17-7-3-15(4-8-17)19-13-20-22(28)25(11-12-26(20)24-19)14-21(27)23-16-5-9-18(30-2)10-6-16/h3-12,19-20,24H,13-14H2,1-2H3,(H,23,27). The minimum atomic E-state index is -0.351. The lowest BCUT2D eigenvalue weighted by Crippen LogP contribution is -2.49. The molecule has 0 spiro atoms. The van der Waals surface area contributed by atoms with Crippen LogP contribution in [-0.4, -0.2) is 48.5 Å². The smallest absolute Gasteiger partial charge is 0.251 e. The number of nitrogens with zero attached hydrogens (tertiary/aromatic N) is 2. The molecule has 2 atom stereocenters. The molecule has 4 rings (SSSR count). The molecule has 8 nitrogen and oxygen atoms in total. The summed E-state index contributed by atoms with van der Waals surface area (Å²) in [5.74, 6) is 1.14. The fraction of sp³-hybridized carbons (Fsp3) is 0.273. The van der Waals surface area contributed by atoms with Gasteiger partial charge in [-0.05, 0) is 48.4 Å². The van der Waals surface area contributed by atoms with E-state index in [4.69, 9.17) is 9.47 Å². The van der Waals surface area contributed by atoms with Crippen molar-refractivity contribution < 1.29 is 19.1 Å². The topological polar surface area (TPSA) is 83.1 Å². The first kappa shape index (κ1) is 19.8. The molecule has 0 radical (unpaired) electrons. The van der Waals surface area contributed by atoms with E-state index < -0.39 is 0 Å². The van der Waals surface area contributed by atoms with Crippen molar-refractivity contribution in [1.82, 2.24) is 15.3 Å². The molecule has 1 fully saturated rings. The number of rotatable bonds is 6. The summed E-state index contributed by atoms with van der Waals surface area (Å²) < 4.78 is 10.3. The van der Waals surface area contributed by atoms with Gasteiger partial charge in [0.05, 0.1) is 20.3 Å². The first-order valence-electron chi connectivity index (χ1n) is 9.68. The fourth-order valence-corrected chi connectivity index (χ4v) is 3.65. The van der Waals surface area contributed by atoms with Crippen LogP contribution in [0.25, 0.3) is 0 Å². The third-order valence-electron chi connectivity index (χ3n) is 5.28. The van der Waals surface area contributed by atoms with Crippen LogP contribution in [0.1, 0.15) is 18.0 Å². The van der Waals surface area contributed by atoms with Crippen molar-refractivity contribution in [1.29, 1.82) is 0 Å². The van der Waals surface area contributed by atoms with Crippen LogP contribution >= 0.6 is 0 Å². The molecule has 0 aromatic heterocycles. The molecule has 2 aliphatic heterocycles. The number of anilines is 1. The average molecular weight is 408 g/mol. The fourth-order valence-electron chi connectivity index (χ4n) is 3.65. The van der Waals surface area contributed by atoms with E-state index in [0.717, 1.165) is 11.3 Å². The van der Waals surface area contributed by atoms with Crippen LogP contribution in [0.4, 0.5) is 5.69 Å². The number of carbonyl (C=O) groups is 2. The largest absolute Gasteiger partial charge is 0.497 e. The average Bonchev–Trinajstić information content (AvgIpc) is 3.21. The number of carbonyl (C=O) groups excluding carboxylic acids is 2. The Hall–Kier alpha value is -3.52. The summed E-state index contributed by atoms with van der Waals surface area (Å²) in [4.78, 5) is 26.8. The van der Waals surface area contributed by atoms with E-state index in [2.05, 4.69) is 10.7 Å². The molecule has 2 amide bonds. The maximum Gasteiger partial charge on any atom is 0.251 e. The summed E-state index contributed by atoms with van der Waals surface area (Å²) in [6, 6.07) is 14.5. The van der Waals surface area contributed by atoms with E-state index in [9.17, 15) is 9.59 Å². The molecule has 2 N–H and O–H groups in total. The zero-order chi connectivity index (χ0) is 21.1. The van der Waals surface area contributed by atoms with Gasteiger partial charge < -0.3 is 24.7 Å². The third kappa shape index (κ3) is 4.08. The molecular weight excluding hydrogens is 384 g/mol. The number of hydrazine groups is 1. The zero-order valence-electron chi connectivity index (χ0n) is 16.9. The van der Waals surface area contributed by atoms with Gasteiger partial charge in [0.25, 0.3) is 5.91 Å². The highest BCUT2D eigenvalue weighted by atomic mass is 16.5. The Bertz CT molecular complexity index is 943. The summed E-state index contributed by atoms with van der Waals surface area (Å²) in [5.41, 5.74) is 5.08. The van der Waals surface area contributed by atoms with Gasteiger partial charge in [-0.2, -0.15) is 0 Å². The van der Waals surface area contributed by atoms with Crippen LogP contribution in [0.15, 0.2) is 60.9 Å². The van der Waals surface area contributed by atoms with Gasteiger partial charge in [0.2, 0.25) is 5.91 Å². The SMILES string of the molecule is COc1ccc(NC(=O)CN2C=CN3NC(c4ccc(OC)cc4)CC3C2=O)cc1. The molecule has 2 aliphatic rings. The highest BCUT2D eigenvalue weighted by Crippen LogP contribution is 2.31. The van der Waals surface area contributed by atoms with Crippen LogP contribution in [-0.2, 0) is 9.59 Å². The molecule has 1 saturated heterocycles. The molecule has 0 aliphatic carbocycles. The molecule has 2 aromatic carbocycles. The second-order valence-corrected chi connectivity index (χ2v) is 7.15. The normalized spacial score (nSPS) is 20.1. The molecular formula is C22H24N4O4. The van der Waals surface area contributed by atoms with Gasteiger partial charge in [-0.15, -0.1) is 0 Å². The Labute approximate surface area is 175 Å². The van der Waals surface area contributed by atoms with Crippen LogP contribution in [0, 0.1) is 0 Å². The number of ether oxygens (including phenoxy) is 2. The van der Waals surface area contributed by atoms with Crippen molar-refractivity contribution in [2.24, 2.45) is 0 Å². The third-order valence-corrected chi connectivity index (χ3v) is 5.28. The maximum atomic E-state index is 12.9. The van der Waals surface area contributed by atoms with Gasteiger partial charge in [0.15, 0.2) is 0 Å². The van der Waals surface area contributed by atoms with Crippen LogP contribution < -0.4 is 20.2 Å². The lowest BCUT2D eigenvalue weighted by atomic mass is 10.0. The molecule has 0 saturated carbocycles. The lowest BCUT2D eigenvalue weighted by molar-refractivity contribution is -0.137. The van der Waals surface area contributed by atoms with Crippen molar-refractivity contribution >= 4 is 17.5 Å². The summed E-state index contributed by atoms with van der Waals surface area (Å²) in [7, 11) is 3.22. The van der Waals surface area contributed by atoms with Crippen molar-refractivity contribution in [3.8, 4) is 11.5 Å². The van der Waals surface area contributed by atoms with E-state index in [-0.39, 0.29) is 30.4 Å². The van der Waals surface area contributed by atoms with Crippen LogP contribution in [0.5, 0.6) is 11.5 Å². The minimum Gasteiger partial charge on any atom is -0.497 e. The highest BCUT2D eigenvalue weighted by molar-refractivity contribution is 5.96. The highest BCUT2D eigenvalue weighted by Gasteiger charge is 2.40. The van der Waals surface area contributed by atoms with Crippen LogP contribution in [0.2, 0.25) is 0 Å². The van der Waals surface area contributed by atoms with Crippen molar-refractivity contribution in [2.75, 3.05) is 26.1 Å². The van der Waals surface area contributed by atoms with E-state index in [1.807, 2.05) is 29.3 Å². The summed E-state index contributed by atoms with van der Waals surface area (Å²) >= 11 is 0. The molecule has 30 heavy (non-hydrogen) atoms. The van der Waals surface area contributed by atoms with Gasteiger partial charge >= 0.3 is 0 Å². The molecule has 2 aromatic rings. The van der Waals surface area contributed by atoms with Gasteiger partial charge in [0.1, 0.15) is 24.1 Å². The number of fused-ring (bicyclic) bond motifs is 1. The van der Waals surface area contributed by atoms with E-state index >= 15 is 0 Å². The van der Waals surface area contributed by atoms with Gasteiger partial charge in [-0.25, -0.2) is 5.43 Å². The van der Waals surface area contributed by atoms with Crippen molar-refractivity contribution in [3.63, 3.8) is 0 Å². The Morgan fingerprint density at radius 1 is 1.03 bits per heavy atom. The Morgan fingerprint density at radius 2 is 1.67 bits per heavy atom.